The Morgan fingerprint density at radius 1 is 1.00 bits per heavy atom. The smallest absolute Gasteiger partial charge is 0.419 e. The fourth-order valence-corrected chi connectivity index (χ4v) is 2.52. The first-order valence-corrected chi connectivity index (χ1v) is 8.85. The first-order chi connectivity index (χ1) is 13.3. The van der Waals surface area contributed by atoms with Gasteiger partial charge in [0.1, 0.15) is 5.75 Å². The molecule has 2 rings (SSSR count). The maximum atomic E-state index is 13.4. The Balaban J connectivity index is 2.08. The number of aryl methyl sites for hydroxylation is 1. The number of rotatable bonds is 9. The number of aliphatic hydroxyl groups is 2. The molecule has 0 saturated carbocycles. The van der Waals surface area contributed by atoms with Gasteiger partial charge in [-0.2, -0.15) is 13.2 Å². The molecular weight excluding hydrogens is 371 g/mol. The van der Waals surface area contributed by atoms with Crippen molar-refractivity contribution in [2.75, 3.05) is 19.8 Å². The molecule has 0 atom stereocenters. The van der Waals surface area contributed by atoms with Crippen molar-refractivity contribution in [2.24, 2.45) is 5.73 Å². The van der Waals surface area contributed by atoms with Crippen LogP contribution in [0.15, 0.2) is 54.6 Å². The highest BCUT2D eigenvalue weighted by atomic mass is 19.4. The predicted octanol–water partition coefficient (Wildman–Crippen LogP) is 3.41. The zero-order valence-electron chi connectivity index (χ0n) is 15.3. The van der Waals surface area contributed by atoms with E-state index < -0.39 is 30.5 Å². The molecule has 28 heavy (non-hydrogen) atoms. The van der Waals surface area contributed by atoms with Gasteiger partial charge in [-0.25, -0.2) is 0 Å². The van der Waals surface area contributed by atoms with Crippen molar-refractivity contribution >= 4 is 6.08 Å². The monoisotopic (exact) mass is 395 g/mol. The normalized spacial score (nSPS) is 12.5. The lowest BCUT2D eigenvalue weighted by Gasteiger charge is -2.20. The minimum Gasteiger partial charge on any atom is -0.493 e. The Labute approximate surface area is 162 Å². The lowest BCUT2D eigenvalue weighted by atomic mass is 10.0. The predicted molar refractivity (Wildman–Crippen MR) is 102 cm³/mol. The molecule has 7 heteroatoms. The number of aliphatic hydroxyl groups excluding tert-OH is 2. The van der Waals surface area contributed by atoms with Gasteiger partial charge in [0.05, 0.1) is 30.9 Å². The fourth-order valence-electron chi connectivity index (χ4n) is 2.52. The molecule has 0 saturated heterocycles. The highest BCUT2D eigenvalue weighted by Gasteiger charge is 2.34. The van der Waals surface area contributed by atoms with Gasteiger partial charge in [-0.05, 0) is 36.1 Å². The van der Waals surface area contributed by atoms with Crippen molar-refractivity contribution in [1.82, 2.24) is 0 Å². The summed E-state index contributed by atoms with van der Waals surface area (Å²) in [5.41, 5.74) is 4.75. The van der Waals surface area contributed by atoms with Gasteiger partial charge in [0.2, 0.25) is 0 Å². The third kappa shape index (κ3) is 6.37. The molecule has 0 aromatic heterocycles. The van der Waals surface area contributed by atoms with E-state index in [2.05, 4.69) is 0 Å². The molecule has 4 nitrogen and oxygen atoms in total. The molecular formula is C21H24F3NO3. The molecule has 0 aliphatic carbocycles. The second-order valence-corrected chi connectivity index (χ2v) is 6.57. The molecule has 152 valence electrons. The van der Waals surface area contributed by atoms with E-state index in [-0.39, 0.29) is 17.9 Å². The fraction of sp³-hybridized carbons (Fsp3) is 0.333. The quantitative estimate of drug-likeness (QED) is 0.569. The molecule has 0 radical (unpaired) electrons. The average Bonchev–Trinajstić information content (AvgIpc) is 2.70. The van der Waals surface area contributed by atoms with E-state index in [0.29, 0.717) is 12.8 Å². The number of benzene rings is 2. The van der Waals surface area contributed by atoms with Gasteiger partial charge in [0.15, 0.2) is 0 Å². The van der Waals surface area contributed by atoms with E-state index >= 15 is 0 Å². The first kappa shape index (κ1) is 21.9. The van der Waals surface area contributed by atoms with E-state index in [1.54, 1.807) is 0 Å². The SMILES string of the molecule is NC(C=Cc1ccc(OCCCc2ccccc2)c(C(F)(F)F)c1)(CO)CO. The third-order valence-electron chi connectivity index (χ3n) is 4.22. The summed E-state index contributed by atoms with van der Waals surface area (Å²) in [7, 11) is 0. The van der Waals surface area contributed by atoms with E-state index in [1.165, 1.54) is 24.3 Å². The Kier molecular flexibility index (Phi) is 7.62. The van der Waals surface area contributed by atoms with E-state index in [9.17, 15) is 13.2 Å². The molecule has 2 aromatic carbocycles. The third-order valence-corrected chi connectivity index (χ3v) is 4.22. The Morgan fingerprint density at radius 3 is 2.29 bits per heavy atom. The largest absolute Gasteiger partial charge is 0.493 e. The lowest BCUT2D eigenvalue weighted by molar-refractivity contribution is -0.139. The zero-order valence-corrected chi connectivity index (χ0v) is 15.3. The van der Waals surface area contributed by atoms with Gasteiger partial charge in [-0.15, -0.1) is 0 Å². The second kappa shape index (κ2) is 9.73. The minimum absolute atomic E-state index is 0.161. The number of hydrogen-bond acceptors (Lipinski definition) is 4. The second-order valence-electron chi connectivity index (χ2n) is 6.57. The van der Waals surface area contributed by atoms with Crippen LogP contribution in [0.2, 0.25) is 0 Å². The van der Waals surface area contributed by atoms with E-state index in [0.717, 1.165) is 11.6 Å². The average molecular weight is 395 g/mol. The van der Waals surface area contributed by atoms with Gasteiger partial charge in [0.25, 0.3) is 0 Å². The molecule has 0 bridgehead atoms. The highest BCUT2D eigenvalue weighted by molar-refractivity contribution is 5.55. The molecule has 0 aliphatic heterocycles. The van der Waals surface area contributed by atoms with E-state index in [1.807, 2.05) is 30.3 Å². The summed E-state index contributed by atoms with van der Waals surface area (Å²) in [4.78, 5) is 0. The van der Waals surface area contributed by atoms with Crippen molar-refractivity contribution in [1.29, 1.82) is 0 Å². The summed E-state index contributed by atoms with van der Waals surface area (Å²) in [5.74, 6) is -0.235. The molecule has 4 N–H and O–H groups in total. The molecule has 0 aliphatic rings. The zero-order chi connectivity index (χ0) is 20.6. The summed E-state index contributed by atoms with van der Waals surface area (Å²) in [6.45, 7) is -0.905. The topological polar surface area (TPSA) is 75.7 Å². The van der Waals surface area contributed by atoms with Crippen LogP contribution in [0.1, 0.15) is 23.1 Å². The molecule has 0 fully saturated rings. The van der Waals surface area contributed by atoms with Crippen LogP contribution in [0.5, 0.6) is 5.75 Å². The van der Waals surface area contributed by atoms with Crippen molar-refractivity contribution in [3.8, 4) is 5.75 Å². The lowest BCUT2D eigenvalue weighted by Crippen LogP contribution is -2.45. The first-order valence-electron chi connectivity index (χ1n) is 8.85. The molecule has 0 amide bonds. The molecule has 0 spiro atoms. The van der Waals surface area contributed by atoms with Crippen LogP contribution in [0.25, 0.3) is 6.08 Å². The summed E-state index contributed by atoms with van der Waals surface area (Å²) in [6.07, 6.45) is -0.661. The van der Waals surface area contributed by atoms with Crippen LogP contribution in [0, 0.1) is 0 Å². The number of hydrogen-bond donors (Lipinski definition) is 3. The highest BCUT2D eigenvalue weighted by Crippen LogP contribution is 2.37. The van der Waals surface area contributed by atoms with Crippen molar-refractivity contribution < 1.29 is 28.1 Å². The molecule has 2 aromatic rings. The summed E-state index contributed by atoms with van der Waals surface area (Å²) in [6, 6.07) is 13.3. The molecule has 0 unspecified atom stereocenters. The molecule has 0 heterocycles. The van der Waals surface area contributed by atoms with Crippen molar-refractivity contribution in [3.63, 3.8) is 0 Å². The van der Waals surface area contributed by atoms with Crippen LogP contribution < -0.4 is 10.5 Å². The minimum atomic E-state index is -4.58. The van der Waals surface area contributed by atoms with E-state index in [4.69, 9.17) is 20.7 Å². The maximum absolute atomic E-state index is 13.4. The number of nitrogens with two attached hydrogens (primary N) is 1. The van der Waals surface area contributed by atoms with Gasteiger partial charge in [-0.1, -0.05) is 48.6 Å². The van der Waals surface area contributed by atoms with Crippen molar-refractivity contribution in [2.45, 2.75) is 24.6 Å². The van der Waals surface area contributed by atoms with Crippen LogP contribution in [-0.2, 0) is 12.6 Å². The van der Waals surface area contributed by atoms with Gasteiger partial charge in [-0.3, -0.25) is 0 Å². The van der Waals surface area contributed by atoms with Gasteiger partial charge >= 0.3 is 6.18 Å². The Morgan fingerprint density at radius 2 is 1.68 bits per heavy atom. The Hall–Kier alpha value is -2.35. The van der Waals surface area contributed by atoms with Gasteiger partial charge < -0.3 is 20.7 Å². The van der Waals surface area contributed by atoms with Gasteiger partial charge in [0, 0.05) is 0 Å². The number of halogens is 3. The van der Waals surface area contributed by atoms with Crippen LogP contribution in [0.4, 0.5) is 13.2 Å². The Bertz CT molecular complexity index is 772. The van der Waals surface area contributed by atoms with Crippen molar-refractivity contribution in [3.05, 3.63) is 71.3 Å². The summed E-state index contributed by atoms with van der Waals surface area (Å²) in [5, 5.41) is 18.3. The summed E-state index contributed by atoms with van der Waals surface area (Å²) >= 11 is 0. The van der Waals surface area contributed by atoms with Crippen LogP contribution >= 0.6 is 0 Å². The van der Waals surface area contributed by atoms with Crippen LogP contribution in [0.3, 0.4) is 0 Å². The number of ether oxygens (including phenoxy) is 1. The van der Waals surface area contributed by atoms with Crippen LogP contribution in [-0.4, -0.2) is 35.6 Å². The maximum Gasteiger partial charge on any atom is 0.419 e. The number of alkyl halides is 3. The standard InChI is InChI=1S/C21H24F3NO3/c22-21(23,24)18-13-17(10-11-20(25,14-26)15-27)8-9-19(18)28-12-4-7-16-5-2-1-3-6-16/h1-3,5-6,8-11,13,26-27H,4,7,12,14-15,25H2. The summed E-state index contributed by atoms with van der Waals surface area (Å²) < 4.78 is 45.6.